The van der Waals surface area contributed by atoms with Crippen LogP contribution in [0, 0.1) is 0 Å². The Morgan fingerprint density at radius 2 is 0.750 bits per heavy atom. The summed E-state index contributed by atoms with van der Waals surface area (Å²) in [4.78, 5) is 0. The quantitative estimate of drug-likeness (QED) is 0.286. The zero-order valence-electron chi connectivity index (χ0n) is 19.5. The summed E-state index contributed by atoms with van der Waals surface area (Å²) in [5.41, 5.74) is 0. The van der Waals surface area contributed by atoms with Gasteiger partial charge in [0, 0.05) is 16.6 Å². The molecule has 0 bridgehead atoms. The van der Waals surface area contributed by atoms with E-state index in [1.165, 1.54) is 29.8 Å². The van der Waals surface area contributed by atoms with Crippen LogP contribution in [0.1, 0.15) is 0 Å². The molecule has 160 valence electrons. The third kappa shape index (κ3) is 6.39. The van der Waals surface area contributed by atoms with Crippen molar-refractivity contribution in [2.45, 2.75) is 26.2 Å². The van der Waals surface area contributed by atoms with E-state index in [4.69, 9.17) is 0 Å². The van der Waals surface area contributed by atoms with E-state index in [1.54, 1.807) is 0 Å². The standard InChI is InChI=1S/C24H20Si2.C4H12Si2/c1-5-13-21(14-6-1)25-26(22-15-7-2-8-16-22,23-17-9-3-10-18-23)24-19-11-4-12-20-24;1-5-6(2,3)4/h1-20H;1-4H3. The number of hydrogen-bond acceptors (Lipinski definition) is 0. The minimum absolute atomic E-state index is 0.603. The minimum Gasteiger partial charge on any atom is -0.0754 e. The van der Waals surface area contributed by atoms with Crippen LogP contribution in [0.3, 0.4) is 0 Å². The number of hydrogen-bond donors (Lipinski definition) is 0. The van der Waals surface area contributed by atoms with Gasteiger partial charge in [0.15, 0.2) is 0 Å². The lowest BCUT2D eigenvalue weighted by molar-refractivity contribution is 1.70. The maximum atomic E-state index is 2.39. The molecule has 4 aromatic carbocycles. The van der Waals surface area contributed by atoms with Gasteiger partial charge in [0.1, 0.15) is 7.59 Å². The molecule has 0 saturated heterocycles. The molecule has 0 nitrogen and oxygen atoms in total. The van der Waals surface area contributed by atoms with Gasteiger partial charge in [-0.2, -0.15) is 0 Å². The number of benzene rings is 4. The van der Waals surface area contributed by atoms with Crippen molar-refractivity contribution < 1.29 is 0 Å². The zero-order chi connectivity index (χ0) is 22.9. The second-order valence-electron chi connectivity index (χ2n) is 8.84. The van der Waals surface area contributed by atoms with Crippen molar-refractivity contribution in [1.29, 1.82) is 0 Å². The Morgan fingerprint density at radius 1 is 0.469 bits per heavy atom. The van der Waals surface area contributed by atoms with Gasteiger partial charge in [-0.25, -0.2) is 0 Å². The van der Waals surface area contributed by atoms with Gasteiger partial charge in [-0.15, -0.1) is 0 Å². The first-order chi connectivity index (χ1) is 15.5. The van der Waals surface area contributed by atoms with E-state index >= 15 is 0 Å². The zero-order valence-corrected chi connectivity index (χ0v) is 23.5. The molecule has 0 aliphatic carbocycles. The average Bonchev–Trinajstić information content (AvgIpc) is 2.85. The lowest BCUT2D eigenvalue weighted by Gasteiger charge is -2.33. The molecule has 4 rings (SSSR count). The molecule has 4 radical (unpaired) electrons. The summed E-state index contributed by atoms with van der Waals surface area (Å²) < 4.78 is 0. The predicted octanol–water partition coefficient (Wildman–Crippen LogP) is 4.26. The molecule has 4 heteroatoms. The fourth-order valence-electron chi connectivity index (χ4n) is 3.52. The van der Waals surface area contributed by atoms with Gasteiger partial charge in [0.05, 0.1) is 9.04 Å². The molecule has 0 fully saturated rings. The van der Waals surface area contributed by atoms with Crippen molar-refractivity contribution >= 4 is 54.0 Å². The van der Waals surface area contributed by atoms with E-state index in [-0.39, 0.29) is 0 Å². The molecular formula is C28H32Si4. The smallest absolute Gasteiger partial charge is 0.0754 e. The minimum atomic E-state index is -2.14. The van der Waals surface area contributed by atoms with Crippen LogP contribution in [0.2, 0.25) is 26.2 Å². The second kappa shape index (κ2) is 11.6. The first-order valence-electron chi connectivity index (χ1n) is 11.1. The van der Waals surface area contributed by atoms with Gasteiger partial charge in [0.2, 0.25) is 0 Å². The molecule has 0 aromatic heterocycles. The van der Waals surface area contributed by atoms with E-state index in [2.05, 4.69) is 148 Å². The highest BCUT2D eigenvalue weighted by atomic mass is 29.2. The van der Waals surface area contributed by atoms with Crippen molar-refractivity contribution in [3.8, 4) is 0 Å². The van der Waals surface area contributed by atoms with Crippen LogP contribution < -0.4 is 20.7 Å². The Labute approximate surface area is 201 Å². The SMILES string of the molecule is C[Si][Si](C)(C)C.c1ccc([Si][Si](c2ccccc2)(c2ccccc2)c2ccccc2)cc1. The molecule has 0 atom stereocenters. The molecule has 0 aliphatic heterocycles. The summed E-state index contributed by atoms with van der Waals surface area (Å²) in [6, 6.07) is 44.3. The summed E-state index contributed by atoms with van der Waals surface area (Å²) in [6.45, 7) is 9.48. The summed E-state index contributed by atoms with van der Waals surface area (Å²) in [5, 5.41) is 5.84. The van der Waals surface area contributed by atoms with E-state index in [0.29, 0.717) is 0 Å². The molecule has 0 saturated carbocycles. The molecule has 0 spiro atoms. The third-order valence-corrected chi connectivity index (χ3v) is 20.7. The molecular weight excluding hydrogens is 449 g/mol. The van der Waals surface area contributed by atoms with E-state index in [0.717, 1.165) is 9.04 Å². The Hall–Kier alpha value is -2.25. The average molecular weight is 481 g/mol. The summed E-state index contributed by atoms with van der Waals surface area (Å²) in [7, 11) is -0.797. The van der Waals surface area contributed by atoms with Crippen molar-refractivity contribution in [3.05, 3.63) is 121 Å². The second-order valence-corrected chi connectivity index (χ2v) is 26.9. The van der Waals surface area contributed by atoms with E-state index in [1.807, 2.05) is 0 Å². The van der Waals surface area contributed by atoms with Gasteiger partial charge in [-0.3, -0.25) is 0 Å². The van der Waals surface area contributed by atoms with Gasteiger partial charge in [-0.1, -0.05) is 168 Å². The third-order valence-electron chi connectivity index (χ3n) is 5.48. The van der Waals surface area contributed by atoms with Crippen LogP contribution in [0.4, 0.5) is 0 Å². The lowest BCUT2D eigenvalue weighted by Crippen LogP contribution is -2.73. The van der Waals surface area contributed by atoms with Gasteiger partial charge in [-0.05, 0) is 0 Å². The topological polar surface area (TPSA) is 0 Å². The normalized spacial score (nSPS) is 11.4. The Balaban J connectivity index is 0.000000427. The van der Waals surface area contributed by atoms with Crippen molar-refractivity contribution in [2.75, 3.05) is 0 Å². The molecule has 32 heavy (non-hydrogen) atoms. The van der Waals surface area contributed by atoms with Crippen molar-refractivity contribution in [2.24, 2.45) is 0 Å². The summed E-state index contributed by atoms with van der Waals surface area (Å²) in [5.74, 6) is 0. The molecule has 4 aromatic rings. The van der Waals surface area contributed by atoms with Gasteiger partial charge >= 0.3 is 0 Å². The Morgan fingerprint density at radius 3 is 1.03 bits per heavy atom. The van der Waals surface area contributed by atoms with E-state index in [9.17, 15) is 0 Å². The van der Waals surface area contributed by atoms with Crippen LogP contribution in [0.5, 0.6) is 0 Å². The molecule has 0 unspecified atom stereocenters. The predicted molar refractivity (Wildman–Crippen MR) is 151 cm³/mol. The van der Waals surface area contributed by atoms with Gasteiger partial charge < -0.3 is 0 Å². The van der Waals surface area contributed by atoms with Crippen LogP contribution in [-0.2, 0) is 0 Å². The van der Waals surface area contributed by atoms with Crippen LogP contribution in [0.25, 0.3) is 0 Å². The fraction of sp³-hybridized carbons (Fsp3) is 0.143. The monoisotopic (exact) mass is 480 g/mol. The van der Waals surface area contributed by atoms with Crippen LogP contribution >= 0.6 is 0 Å². The maximum Gasteiger partial charge on any atom is 0.139 e. The van der Waals surface area contributed by atoms with E-state index < -0.39 is 15.2 Å². The Bertz CT molecular complexity index is 947. The highest BCUT2D eigenvalue weighted by molar-refractivity contribution is 7.46. The summed E-state index contributed by atoms with van der Waals surface area (Å²) >= 11 is 0. The lowest BCUT2D eigenvalue weighted by atomic mass is 10.3. The van der Waals surface area contributed by atoms with Crippen LogP contribution in [0.15, 0.2) is 121 Å². The first-order valence-corrected chi connectivity index (χ1v) is 21.1. The van der Waals surface area contributed by atoms with Crippen LogP contribution in [-0.4, -0.2) is 33.3 Å². The fourth-order valence-corrected chi connectivity index (χ4v) is 12.4. The largest absolute Gasteiger partial charge is 0.139 e. The maximum absolute atomic E-state index is 2.39. The highest BCUT2D eigenvalue weighted by Gasteiger charge is 2.39. The number of rotatable bonds is 6. The summed E-state index contributed by atoms with van der Waals surface area (Å²) in [6.07, 6.45) is 0. The molecule has 0 N–H and O–H groups in total. The molecule has 0 amide bonds. The molecule has 0 aliphatic rings. The first kappa shape index (κ1) is 24.4. The van der Waals surface area contributed by atoms with Gasteiger partial charge in [0.25, 0.3) is 0 Å². The highest BCUT2D eigenvalue weighted by Crippen LogP contribution is 2.07. The molecule has 0 heterocycles. The van der Waals surface area contributed by atoms with Crippen molar-refractivity contribution in [1.82, 2.24) is 0 Å². The Kier molecular flexibility index (Phi) is 8.82. The van der Waals surface area contributed by atoms with Crippen molar-refractivity contribution in [3.63, 3.8) is 0 Å².